The van der Waals surface area contributed by atoms with Gasteiger partial charge in [0, 0.05) is 15.8 Å². The second-order valence-electron chi connectivity index (χ2n) is 4.22. The van der Waals surface area contributed by atoms with Crippen LogP contribution in [0.15, 0.2) is 17.5 Å². The summed E-state index contributed by atoms with van der Waals surface area (Å²) in [5.74, 6) is 0. The van der Waals surface area contributed by atoms with Crippen LogP contribution in [0.4, 0.5) is 0 Å². The van der Waals surface area contributed by atoms with E-state index >= 15 is 0 Å². The van der Waals surface area contributed by atoms with Gasteiger partial charge < -0.3 is 5.73 Å². The normalized spacial score (nSPS) is 28.4. The van der Waals surface area contributed by atoms with Crippen LogP contribution < -0.4 is 5.73 Å². The predicted octanol–water partition coefficient (Wildman–Crippen LogP) is 2.27. The van der Waals surface area contributed by atoms with Crippen LogP contribution in [0.3, 0.4) is 0 Å². The lowest BCUT2D eigenvalue weighted by atomic mass is 9.93. The lowest BCUT2D eigenvalue weighted by Crippen LogP contribution is -2.36. The highest BCUT2D eigenvalue weighted by Gasteiger charge is 2.64. The second-order valence-corrected chi connectivity index (χ2v) is 5.16. The zero-order valence-corrected chi connectivity index (χ0v) is 7.86. The first-order valence-electron chi connectivity index (χ1n) is 4.60. The molecule has 1 heterocycles. The van der Waals surface area contributed by atoms with Crippen molar-refractivity contribution >= 4 is 11.3 Å². The third kappa shape index (κ3) is 0.723. The van der Waals surface area contributed by atoms with E-state index in [4.69, 9.17) is 5.73 Å². The number of thiophene rings is 1. The van der Waals surface area contributed by atoms with Crippen molar-refractivity contribution in [2.75, 3.05) is 0 Å². The molecule has 0 amide bonds. The molecule has 1 aromatic heterocycles. The maximum absolute atomic E-state index is 6.28. The molecule has 3 rings (SSSR count). The molecule has 2 heteroatoms. The van der Waals surface area contributed by atoms with Crippen molar-refractivity contribution in [1.82, 2.24) is 0 Å². The second kappa shape index (κ2) is 1.94. The third-order valence-corrected chi connectivity index (χ3v) is 4.56. The van der Waals surface area contributed by atoms with Crippen molar-refractivity contribution in [3.05, 3.63) is 22.4 Å². The quantitative estimate of drug-likeness (QED) is 0.740. The van der Waals surface area contributed by atoms with Crippen LogP contribution in [0, 0.1) is 0 Å². The monoisotopic (exact) mass is 179 g/mol. The van der Waals surface area contributed by atoms with Gasteiger partial charge in [-0.3, -0.25) is 0 Å². The first-order valence-corrected chi connectivity index (χ1v) is 5.48. The minimum atomic E-state index is 0.192. The number of rotatable bonds is 2. The van der Waals surface area contributed by atoms with Crippen molar-refractivity contribution < 1.29 is 0 Å². The molecule has 2 aliphatic carbocycles. The molecule has 0 radical (unpaired) electrons. The molecule has 2 N–H and O–H groups in total. The molecule has 0 aliphatic heterocycles. The molecule has 0 bridgehead atoms. The molecule has 12 heavy (non-hydrogen) atoms. The Labute approximate surface area is 76.6 Å². The number of hydrogen-bond donors (Lipinski definition) is 1. The summed E-state index contributed by atoms with van der Waals surface area (Å²) < 4.78 is 0. The Morgan fingerprint density at radius 3 is 2.42 bits per heavy atom. The lowest BCUT2D eigenvalue weighted by Gasteiger charge is -2.20. The zero-order chi connectivity index (χ0) is 8.23. The summed E-state index contributed by atoms with van der Waals surface area (Å²) in [6, 6.07) is 4.40. The molecule has 2 saturated carbocycles. The van der Waals surface area contributed by atoms with E-state index < -0.39 is 0 Å². The van der Waals surface area contributed by atoms with Gasteiger partial charge in [-0.1, -0.05) is 6.07 Å². The van der Waals surface area contributed by atoms with E-state index in [-0.39, 0.29) is 5.54 Å². The first-order chi connectivity index (χ1) is 5.77. The minimum absolute atomic E-state index is 0.192. The zero-order valence-electron chi connectivity index (χ0n) is 7.05. The maximum Gasteiger partial charge on any atom is 0.0261 e. The smallest absolute Gasteiger partial charge is 0.0261 e. The van der Waals surface area contributed by atoms with E-state index in [9.17, 15) is 0 Å². The summed E-state index contributed by atoms with van der Waals surface area (Å²) in [6.45, 7) is 0. The van der Waals surface area contributed by atoms with E-state index in [0.717, 1.165) is 0 Å². The largest absolute Gasteiger partial charge is 0.324 e. The first kappa shape index (κ1) is 7.10. The van der Waals surface area contributed by atoms with Crippen LogP contribution >= 0.6 is 11.3 Å². The van der Waals surface area contributed by atoms with Crippen molar-refractivity contribution in [2.24, 2.45) is 5.73 Å². The number of nitrogens with two attached hydrogens (primary N) is 1. The van der Waals surface area contributed by atoms with Crippen molar-refractivity contribution in [1.29, 1.82) is 0 Å². The van der Waals surface area contributed by atoms with Crippen LogP contribution in [0.25, 0.3) is 0 Å². The van der Waals surface area contributed by atoms with Gasteiger partial charge in [-0.2, -0.15) is 0 Å². The van der Waals surface area contributed by atoms with E-state index in [1.807, 2.05) is 11.3 Å². The highest BCUT2D eigenvalue weighted by Crippen LogP contribution is 2.64. The molecule has 2 fully saturated rings. The predicted molar refractivity (Wildman–Crippen MR) is 51.4 cm³/mol. The average molecular weight is 179 g/mol. The third-order valence-electron chi connectivity index (χ3n) is 3.48. The van der Waals surface area contributed by atoms with E-state index in [2.05, 4.69) is 17.5 Å². The van der Waals surface area contributed by atoms with E-state index in [1.165, 1.54) is 30.6 Å². The average Bonchev–Trinajstić information content (AvgIpc) is 2.96. The number of hydrogen-bond acceptors (Lipinski definition) is 2. The Morgan fingerprint density at radius 2 is 2.00 bits per heavy atom. The van der Waals surface area contributed by atoms with Gasteiger partial charge in [-0.25, -0.2) is 0 Å². The van der Waals surface area contributed by atoms with Gasteiger partial charge in [-0.05, 0) is 37.1 Å². The Kier molecular flexibility index (Phi) is 1.15. The summed E-state index contributed by atoms with van der Waals surface area (Å²) >= 11 is 1.88. The molecule has 1 nitrogen and oxygen atoms in total. The summed E-state index contributed by atoms with van der Waals surface area (Å²) in [4.78, 5) is 1.53. The molecule has 0 atom stereocenters. The molecule has 2 aliphatic rings. The standard InChI is InChI=1S/C10H13NS/c11-10(5-6-10)9(3-4-9)8-2-1-7-12-8/h1-2,7H,3-6,11H2. The maximum atomic E-state index is 6.28. The van der Waals surface area contributed by atoms with Crippen LogP contribution in [-0.4, -0.2) is 5.54 Å². The Balaban J connectivity index is 2.02. The Morgan fingerprint density at radius 1 is 1.25 bits per heavy atom. The van der Waals surface area contributed by atoms with Crippen LogP contribution in [0.1, 0.15) is 30.6 Å². The summed E-state index contributed by atoms with van der Waals surface area (Å²) in [5, 5.41) is 2.17. The molecule has 0 saturated heterocycles. The Hall–Kier alpha value is -0.340. The molecular weight excluding hydrogens is 166 g/mol. The molecule has 0 spiro atoms. The van der Waals surface area contributed by atoms with Crippen molar-refractivity contribution in [2.45, 2.75) is 36.6 Å². The van der Waals surface area contributed by atoms with Gasteiger partial charge in [0.25, 0.3) is 0 Å². The van der Waals surface area contributed by atoms with Gasteiger partial charge >= 0.3 is 0 Å². The fourth-order valence-electron chi connectivity index (χ4n) is 2.28. The minimum Gasteiger partial charge on any atom is -0.324 e. The van der Waals surface area contributed by atoms with Gasteiger partial charge in [0.15, 0.2) is 0 Å². The van der Waals surface area contributed by atoms with E-state index in [0.29, 0.717) is 5.41 Å². The topological polar surface area (TPSA) is 26.0 Å². The summed E-state index contributed by atoms with van der Waals surface area (Å²) in [6.07, 6.45) is 5.13. The van der Waals surface area contributed by atoms with Gasteiger partial charge in [-0.15, -0.1) is 11.3 Å². The van der Waals surface area contributed by atoms with Crippen LogP contribution in [0.2, 0.25) is 0 Å². The summed E-state index contributed by atoms with van der Waals surface area (Å²) in [7, 11) is 0. The van der Waals surface area contributed by atoms with E-state index in [1.54, 1.807) is 0 Å². The highest BCUT2D eigenvalue weighted by molar-refractivity contribution is 7.10. The van der Waals surface area contributed by atoms with Gasteiger partial charge in [0.2, 0.25) is 0 Å². The summed E-state index contributed by atoms with van der Waals surface area (Å²) in [5.41, 5.74) is 6.89. The molecular formula is C10H13NS. The Bertz CT molecular complexity index is 294. The lowest BCUT2D eigenvalue weighted by molar-refractivity contribution is 0.511. The van der Waals surface area contributed by atoms with Gasteiger partial charge in [0.1, 0.15) is 0 Å². The van der Waals surface area contributed by atoms with Crippen LogP contribution in [0.5, 0.6) is 0 Å². The highest BCUT2D eigenvalue weighted by atomic mass is 32.1. The van der Waals surface area contributed by atoms with Crippen LogP contribution in [-0.2, 0) is 5.41 Å². The molecule has 0 unspecified atom stereocenters. The van der Waals surface area contributed by atoms with Gasteiger partial charge in [0.05, 0.1) is 0 Å². The SMILES string of the molecule is NC1(C2(c3cccs3)CC2)CC1. The molecule has 64 valence electrons. The van der Waals surface area contributed by atoms with Crippen molar-refractivity contribution in [3.63, 3.8) is 0 Å². The fourth-order valence-corrected chi connectivity index (χ4v) is 3.37. The van der Waals surface area contributed by atoms with Crippen molar-refractivity contribution in [3.8, 4) is 0 Å². The molecule has 0 aromatic carbocycles. The fraction of sp³-hybridized carbons (Fsp3) is 0.600. The molecule has 1 aromatic rings.